The SMILES string of the molecule is CC(=O)CCC(C)(C)OCC(C)(C)NC(=O)OCc1ccc(NC(=O)[C@H](CCCNC(N)=O)NC(=O)C(NC(=O)CCCCCN2C(=O)C=CC2=O)C(C)C)cc1. The molecule has 17 nitrogen and oxygen atoms in total. The van der Waals surface area contributed by atoms with E-state index in [1.54, 1.807) is 52.0 Å². The van der Waals surface area contributed by atoms with E-state index in [4.69, 9.17) is 15.2 Å². The van der Waals surface area contributed by atoms with Crippen LogP contribution in [0, 0.1) is 5.92 Å². The first-order valence-corrected chi connectivity index (χ1v) is 19.3. The molecular formula is C40H61N7O10. The fraction of sp³-hybridized carbons (Fsp3) is 0.600. The minimum Gasteiger partial charge on any atom is -0.445 e. The number of ketones is 1. The summed E-state index contributed by atoms with van der Waals surface area (Å²) in [6.45, 7) is 13.0. The monoisotopic (exact) mass is 799 g/mol. The number of nitrogens with two attached hydrogens (primary N) is 1. The Hall–Kier alpha value is -5.32. The summed E-state index contributed by atoms with van der Waals surface area (Å²) in [7, 11) is 0. The fourth-order valence-electron chi connectivity index (χ4n) is 5.55. The molecule has 1 unspecified atom stereocenters. The minimum absolute atomic E-state index is 0.0483. The van der Waals surface area contributed by atoms with Crippen LogP contribution in [0.25, 0.3) is 0 Å². The predicted molar refractivity (Wildman–Crippen MR) is 212 cm³/mol. The highest BCUT2D eigenvalue weighted by Gasteiger charge is 2.30. The number of carbonyl (C=O) groups excluding carboxylic acids is 8. The maximum absolute atomic E-state index is 13.5. The van der Waals surface area contributed by atoms with Gasteiger partial charge in [-0.1, -0.05) is 32.4 Å². The number of benzene rings is 1. The van der Waals surface area contributed by atoms with Crippen molar-refractivity contribution in [3.63, 3.8) is 0 Å². The zero-order chi connectivity index (χ0) is 42.8. The molecule has 316 valence electrons. The number of nitrogens with zero attached hydrogens (tertiary/aromatic N) is 1. The molecule has 1 aliphatic rings. The first-order chi connectivity index (χ1) is 26.7. The molecule has 1 heterocycles. The lowest BCUT2D eigenvalue weighted by Crippen LogP contribution is -2.54. The molecule has 0 spiro atoms. The molecule has 1 aromatic rings. The Labute approximate surface area is 335 Å². The number of rotatable bonds is 25. The maximum Gasteiger partial charge on any atom is 0.407 e. The lowest BCUT2D eigenvalue weighted by atomic mass is 10.00. The molecule has 57 heavy (non-hydrogen) atoms. The van der Waals surface area contributed by atoms with Crippen molar-refractivity contribution in [2.45, 2.75) is 130 Å². The number of hydrogen-bond acceptors (Lipinski definition) is 10. The average Bonchev–Trinajstić information content (AvgIpc) is 3.45. The Morgan fingerprint density at radius 3 is 2.09 bits per heavy atom. The maximum atomic E-state index is 13.5. The summed E-state index contributed by atoms with van der Waals surface area (Å²) in [5.74, 6) is -2.39. The molecule has 0 saturated heterocycles. The van der Waals surface area contributed by atoms with Gasteiger partial charge in [-0.3, -0.25) is 28.9 Å². The molecule has 2 atom stereocenters. The van der Waals surface area contributed by atoms with Crippen molar-refractivity contribution in [3.8, 4) is 0 Å². The molecule has 17 heteroatoms. The number of primary amides is 1. The Morgan fingerprint density at radius 1 is 0.842 bits per heavy atom. The van der Waals surface area contributed by atoms with Crippen molar-refractivity contribution in [1.82, 2.24) is 26.2 Å². The molecule has 0 radical (unpaired) electrons. The number of alkyl carbamates (subject to hydrolysis) is 1. The van der Waals surface area contributed by atoms with Gasteiger partial charge in [-0.05, 0) is 90.3 Å². The second kappa shape index (κ2) is 23.0. The summed E-state index contributed by atoms with van der Waals surface area (Å²) < 4.78 is 11.4. The number of imide groups is 1. The van der Waals surface area contributed by atoms with E-state index in [1.807, 2.05) is 13.8 Å². The van der Waals surface area contributed by atoms with Gasteiger partial charge in [0.15, 0.2) is 0 Å². The van der Waals surface area contributed by atoms with Crippen LogP contribution >= 0.6 is 0 Å². The fourth-order valence-corrected chi connectivity index (χ4v) is 5.55. The summed E-state index contributed by atoms with van der Waals surface area (Å²) in [6, 6.07) is 3.89. The number of ether oxygens (including phenoxy) is 2. The minimum atomic E-state index is -1.03. The van der Waals surface area contributed by atoms with E-state index in [0.717, 1.165) is 4.90 Å². The van der Waals surface area contributed by atoms with Gasteiger partial charge in [0, 0.05) is 43.8 Å². The second-order valence-corrected chi connectivity index (χ2v) is 15.8. The van der Waals surface area contributed by atoms with E-state index in [1.165, 1.54) is 19.1 Å². The third kappa shape index (κ3) is 18.9. The van der Waals surface area contributed by atoms with E-state index in [9.17, 15) is 38.4 Å². The quantitative estimate of drug-likeness (QED) is 0.0622. The molecule has 8 amide bonds. The molecular weight excluding hydrogens is 738 g/mol. The smallest absolute Gasteiger partial charge is 0.407 e. The first kappa shape index (κ1) is 47.8. The molecule has 1 aliphatic heterocycles. The van der Waals surface area contributed by atoms with Gasteiger partial charge >= 0.3 is 12.1 Å². The van der Waals surface area contributed by atoms with Crippen molar-refractivity contribution in [2.75, 3.05) is 25.0 Å². The van der Waals surface area contributed by atoms with Gasteiger partial charge in [0.2, 0.25) is 17.7 Å². The van der Waals surface area contributed by atoms with Gasteiger partial charge < -0.3 is 46.6 Å². The molecule has 0 saturated carbocycles. The number of Topliss-reactive ketones (excluding diaryl/α,β-unsaturated/α-hetero) is 1. The molecule has 1 aromatic carbocycles. The number of anilines is 1. The van der Waals surface area contributed by atoms with Gasteiger partial charge in [-0.2, -0.15) is 0 Å². The van der Waals surface area contributed by atoms with Crippen LogP contribution in [0.5, 0.6) is 0 Å². The lowest BCUT2D eigenvalue weighted by Gasteiger charge is -2.32. The second-order valence-electron chi connectivity index (χ2n) is 15.8. The summed E-state index contributed by atoms with van der Waals surface area (Å²) in [6.07, 6.45) is 4.94. The number of amides is 8. The number of nitrogens with one attached hydrogen (secondary N) is 5. The lowest BCUT2D eigenvalue weighted by molar-refractivity contribution is -0.137. The molecule has 0 aliphatic carbocycles. The van der Waals surface area contributed by atoms with Gasteiger partial charge in [0.1, 0.15) is 24.5 Å². The van der Waals surface area contributed by atoms with E-state index in [2.05, 4.69) is 26.6 Å². The van der Waals surface area contributed by atoms with E-state index in [0.29, 0.717) is 49.8 Å². The highest BCUT2D eigenvalue weighted by atomic mass is 16.5. The highest BCUT2D eigenvalue weighted by molar-refractivity contribution is 6.12. The van der Waals surface area contributed by atoms with E-state index in [-0.39, 0.29) is 68.6 Å². The van der Waals surface area contributed by atoms with Crippen LogP contribution in [0.2, 0.25) is 0 Å². The van der Waals surface area contributed by atoms with Crippen LogP contribution in [0.1, 0.15) is 105 Å². The first-order valence-electron chi connectivity index (χ1n) is 19.3. The Morgan fingerprint density at radius 2 is 1.49 bits per heavy atom. The molecule has 0 fully saturated rings. The van der Waals surface area contributed by atoms with Gasteiger partial charge in [-0.15, -0.1) is 0 Å². The van der Waals surface area contributed by atoms with Crippen molar-refractivity contribution in [3.05, 3.63) is 42.0 Å². The van der Waals surface area contributed by atoms with Gasteiger partial charge in [0.25, 0.3) is 11.8 Å². The van der Waals surface area contributed by atoms with Crippen LogP contribution in [-0.2, 0) is 44.8 Å². The predicted octanol–water partition coefficient (Wildman–Crippen LogP) is 3.35. The Bertz CT molecular complexity index is 1590. The van der Waals surface area contributed by atoms with Crippen molar-refractivity contribution < 1.29 is 47.8 Å². The van der Waals surface area contributed by atoms with Crippen molar-refractivity contribution in [1.29, 1.82) is 0 Å². The van der Waals surface area contributed by atoms with Crippen LogP contribution in [-0.4, -0.2) is 95.3 Å². The van der Waals surface area contributed by atoms with Crippen LogP contribution in [0.3, 0.4) is 0 Å². The zero-order valence-electron chi connectivity index (χ0n) is 34.3. The average molecular weight is 800 g/mol. The summed E-state index contributed by atoms with van der Waals surface area (Å²) in [5, 5.41) is 13.5. The number of urea groups is 1. The zero-order valence-corrected chi connectivity index (χ0v) is 34.3. The van der Waals surface area contributed by atoms with Crippen LogP contribution in [0.15, 0.2) is 36.4 Å². The standard InChI is InChI=1S/C40H61N7O10/c1-26(2)34(45-31(49)13-9-8-10-23-47-32(50)18-19-33(47)51)36(53)44-30(12-11-22-42-37(41)54)35(52)43-29-16-14-28(15-17-29)24-56-38(55)46-39(4,5)25-57-40(6,7)21-20-27(3)48/h14-19,26,30,34H,8-13,20-25H2,1-7H3,(H,43,52)(H,44,53)(H,45,49)(H,46,55)(H3,41,42,54)/t30-,34?/m0/s1. The molecule has 0 bridgehead atoms. The summed E-state index contributed by atoms with van der Waals surface area (Å²) >= 11 is 0. The molecule has 7 N–H and O–H groups in total. The molecule has 2 rings (SSSR count). The summed E-state index contributed by atoms with van der Waals surface area (Å²) in [5.41, 5.74) is 4.93. The third-order valence-electron chi connectivity index (χ3n) is 8.99. The number of unbranched alkanes of at least 4 members (excludes halogenated alkanes) is 2. The van der Waals surface area contributed by atoms with Crippen LogP contribution < -0.4 is 32.3 Å². The van der Waals surface area contributed by atoms with Gasteiger partial charge in [0.05, 0.1) is 17.7 Å². The normalized spacial score (nSPS) is 13.9. The topological polar surface area (TPSA) is 244 Å². The van der Waals surface area contributed by atoms with Crippen LogP contribution in [0.4, 0.5) is 15.3 Å². The largest absolute Gasteiger partial charge is 0.445 e. The summed E-state index contributed by atoms with van der Waals surface area (Å²) in [4.78, 5) is 99.4. The van der Waals surface area contributed by atoms with Gasteiger partial charge in [-0.25, -0.2) is 9.59 Å². The van der Waals surface area contributed by atoms with Crippen molar-refractivity contribution >= 4 is 53.1 Å². The third-order valence-corrected chi connectivity index (χ3v) is 8.99. The molecule has 0 aromatic heterocycles. The van der Waals surface area contributed by atoms with E-state index >= 15 is 0 Å². The Balaban J connectivity index is 1.93. The highest BCUT2D eigenvalue weighted by Crippen LogP contribution is 2.20. The number of carbonyl (C=O) groups is 8. The number of hydrogen-bond donors (Lipinski definition) is 6. The van der Waals surface area contributed by atoms with E-state index < -0.39 is 47.2 Å². The Kier molecular flexibility index (Phi) is 19.3. The van der Waals surface area contributed by atoms with Crippen molar-refractivity contribution in [2.24, 2.45) is 11.7 Å².